The Kier molecular flexibility index (Phi) is 3.65. The number of phenols is 1. The Labute approximate surface area is 95.9 Å². The molecule has 0 amide bonds. The molecule has 90 valence electrons. The highest BCUT2D eigenvalue weighted by Gasteiger charge is 2.22. The first-order valence-electron chi connectivity index (χ1n) is 5.20. The third-order valence-corrected chi connectivity index (χ3v) is 2.62. The van der Waals surface area contributed by atoms with Crippen molar-refractivity contribution in [3.05, 3.63) is 18.2 Å². The van der Waals surface area contributed by atoms with Gasteiger partial charge in [0.05, 0.1) is 18.8 Å². The van der Waals surface area contributed by atoms with Crippen LogP contribution < -0.4 is 10.1 Å². The van der Waals surface area contributed by atoms with Gasteiger partial charge in [-0.2, -0.15) is 0 Å². The summed E-state index contributed by atoms with van der Waals surface area (Å²) in [5.41, 5.74) is -0.0804. The molecule has 1 atom stereocenters. The van der Waals surface area contributed by atoms with Gasteiger partial charge in [-0.1, -0.05) is 0 Å². The number of benzene rings is 1. The summed E-state index contributed by atoms with van der Waals surface area (Å²) in [4.78, 5) is 0. The molecule has 0 aliphatic heterocycles. The van der Waals surface area contributed by atoms with Gasteiger partial charge in [0.15, 0.2) is 11.5 Å². The lowest BCUT2D eigenvalue weighted by Gasteiger charge is -2.27. The number of phenolic OH excluding ortho intramolecular Hbond substituents is 1. The predicted molar refractivity (Wildman–Crippen MR) is 64.0 cm³/mol. The van der Waals surface area contributed by atoms with Crippen molar-refractivity contribution in [3.63, 3.8) is 0 Å². The van der Waals surface area contributed by atoms with E-state index in [1.54, 1.807) is 32.0 Å². The number of rotatable bonds is 4. The largest absolute Gasteiger partial charge is 0.504 e. The zero-order chi connectivity index (χ0) is 12.3. The Hall–Kier alpha value is -1.42. The second kappa shape index (κ2) is 4.61. The van der Waals surface area contributed by atoms with Gasteiger partial charge in [0.1, 0.15) is 0 Å². The summed E-state index contributed by atoms with van der Waals surface area (Å²) < 4.78 is 4.95. The third kappa shape index (κ3) is 3.03. The maximum Gasteiger partial charge on any atom is 0.160 e. The molecule has 0 radical (unpaired) electrons. The smallest absolute Gasteiger partial charge is 0.160 e. The Bertz CT molecular complexity index is 358. The van der Waals surface area contributed by atoms with Crippen molar-refractivity contribution in [1.82, 2.24) is 0 Å². The average molecular weight is 225 g/mol. The van der Waals surface area contributed by atoms with Crippen LogP contribution in [0.25, 0.3) is 0 Å². The van der Waals surface area contributed by atoms with Crippen LogP contribution in [-0.4, -0.2) is 29.0 Å². The molecular formula is C12H19NO3. The van der Waals surface area contributed by atoms with E-state index in [2.05, 4.69) is 5.32 Å². The van der Waals surface area contributed by atoms with E-state index in [9.17, 15) is 10.2 Å². The summed E-state index contributed by atoms with van der Waals surface area (Å²) in [5.74, 6) is 0.511. The fourth-order valence-corrected chi connectivity index (χ4v) is 1.21. The summed E-state index contributed by atoms with van der Waals surface area (Å²) in [6.07, 6.45) is 0. The molecular weight excluding hydrogens is 206 g/mol. The van der Waals surface area contributed by atoms with Gasteiger partial charge in [-0.05, 0) is 32.9 Å². The molecule has 0 heterocycles. The van der Waals surface area contributed by atoms with E-state index in [0.29, 0.717) is 5.75 Å². The van der Waals surface area contributed by atoms with E-state index in [1.807, 2.05) is 6.92 Å². The monoisotopic (exact) mass is 225 g/mol. The predicted octanol–water partition coefficient (Wildman–Crippen LogP) is 1.97. The van der Waals surface area contributed by atoms with E-state index < -0.39 is 5.60 Å². The highest BCUT2D eigenvalue weighted by Crippen LogP contribution is 2.29. The number of anilines is 1. The lowest BCUT2D eigenvalue weighted by Crippen LogP contribution is -2.39. The second-order valence-electron chi connectivity index (χ2n) is 4.41. The van der Waals surface area contributed by atoms with E-state index in [4.69, 9.17) is 4.74 Å². The molecule has 1 aromatic rings. The molecule has 16 heavy (non-hydrogen) atoms. The topological polar surface area (TPSA) is 61.7 Å². The van der Waals surface area contributed by atoms with E-state index in [0.717, 1.165) is 5.69 Å². The third-order valence-electron chi connectivity index (χ3n) is 2.62. The van der Waals surface area contributed by atoms with Crippen molar-refractivity contribution in [2.45, 2.75) is 32.4 Å². The van der Waals surface area contributed by atoms with E-state index >= 15 is 0 Å². The minimum atomic E-state index is -0.824. The Balaban J connectivity index is 2.79. The van der Waals surface area contributed by atoms with Gasteiger partial charge < -0.3 is 20.3 Å². The van der Waals surface area contributed by atoms with Gasteiger partial charge in [-0.3, -0.25) is 0 Å². The second-order valence-corrected chi connectivity index (χ2v) is 4.41. The standard InChI is InChI=1S/C12H19NO3/c1-8(12(2,3)15)13-9-5-6-11(16-4)10(14)7-9/h5-8,13-15H,1-4H3. The molecule has 0 bridgehead atoms. The minimum absolute atomic E-state index is 0.0791. The zero-order valence-electron chi connectivity index (χ0n) is 10.1. The SMILES string of the molecule is COc1ccc(NC(C)C(C)(C)O)cc1O. The van der Waals surface area contributed by atoms with Gasteiger partial charge in [0.2, 0.25) is 0 Å². The van der Waals surface area contributed by atoms with Crippen LogP contribution in [0.1, 0.15) is 20.8 Å². The molecule has 3 N–H and O–H groups in total. The lowest BCUT2D eigenvalue weighted by molar-refractivity contribution is 0.0649. The molecule has 4 nitrogen and oxygen atoms in total. The van der Waals surface area contributed by atoms with Gasteiger partial charge in [-0.25, -0.2) is 0 Å². The summed E-state index contributed by atoms with van der Waals surface area (Å²) in [5, 5.41) is 22.5. The van der Waals surface area contributed by atoms with Crippen molar-refractivity contribution >= 4 is 5.69 Å². The quantitative estimate of drug-likeness (QED) is 0.733. The fraction of sp³-hybridized carbons (Fsp3) is 0.500. The Morgan fingerprint density at radius 3 is 2.44 bits per heavy atom. The van der Waals surface area contributed by atoms with Crippen LogP contribution in [0.4, 0.5) is 5.69 Å². The molecule has 1 aromatic carbocycles. The number of hydrogen-bond acceptors (Lipinski definition) is 4. The normalized spacial score (nSPS) is 13.3. The highest BCUT2D eigenvalue weighted by atomic mass is 16.5. The van der Waals surface area contributed by atoms with Gasteiger partial charge in [0.25, 0.3) is 0 Å². The maximum absolute atomic E-state index is 9.77. The Morgan fingerprint density at radius 1 is 1.38 bits per heavy atom. The van der Waals surface area contributed by atoms with Crippen molar-refractivity contribution < 1.29 is 14.9 Å². The first-order valence-corrected chi connectivity index (χ1v) is 5.20. The van der Waals surface area contributed by atoms with Gasteiger partial charge >= 0.3 is 0 Å². The first-order chi connectivity index (χ1) is 7.34. The van der Waals surface area contributed by atoms with Crippen LogP contribution in [0.2, 0.25) is 0 Å². The van der Waals surface area contributed by atoms with E-state index in [-0.39, 0.29) is 11.8 Å². The number of ether oxygens (including phenoxy) is 1. The zero-order valence-corrected chi connectivity index (χ0v) is 10.1. The molecule has 0 saturated heterocycles. The van der Waals surface area contributed by atoms with Gasteiger partial charge in [-0.15, -0.1) is 0 Å². The van der Waals surface area contributed by atoms with E-state index in [1.165, 1.54) is 7.11 Å². The first kappa shape index (κ1) is 12.6. The Morgan fingerprint density at radius 2 is 2.00 bits per heavy atom. The van der Waals surface area contributed by atoms with Crippen LogP contribution in [0.15, 0.2) is 18.2 Å². The van der Waals surface area contributed by atoms with Crippen LogP contribution in [0.3, 0.4) is 0 Å². The molecule has 0 aliphatic rings. The number of aliphatic hydroxyl groups is 1. The summed E-state index contributed by atoms with van der Waals surface area (Å²) in [6.45, 7) is 5.34. The molecule has 0 aliphatic carbocycles. The van der Waals surface area contributed by atoms with Crippen LogP contribution >= 0.6 is 0 Å². The fourth-order valence-electron chi connectivity index (χ4n) is 1.21. The van der Waals surface area contributed by atoms with Crippen molar-refractivity contribution in [3.8, 4) is 11.5 Å². The molecule has 1 unspecified atom stereocenters. The molecule has 0 saturated carbocycles. The molecule has 1 rings (SSSR count). The lowest BCUT2D eigenvalue weighted by atomic mass is 10.0. The molecule has 0 fully saturated rings. The van der Waals surface area contributed by atoms with Crippen LogP contribution in [0, 0.1) is 0 Å². The van der Waals surface area contributed by atoms with Gasteiger partial charge in [0, 0.05) is 11.8 Å². The number of aromatic hydroxyl groups is 1. The average Bonchev–Trinajstić information content (AvgIpc) is 2.16. The minimum Gasteiger partial charge on any atom is -0.504 e. The molecule has 4 heteroatoms. The number of hydrogen-bond donors (Lipinski definition) is 3. The summed E-state index contributed by atoms with van der Waals surface area (Å²) in [6, 6.07) is 4.91. The number of methoxy groups -OCH3 is 1. The highest BCUT2D eigenvalue weighted by molar-refractivity contribution is 5.54. The van der Waals surface area contributed by atoms with Crippen molar-refractivity contribution in [2.24, 2.45) is 0 Å². The number of nitrogens with one attached hydrogen (secondary N) is 1. The van der Waals surface area contributed by atoms with Crippen LogP contribution in [0.5, 0.6) is 11.5 Å². The summed E-state index contributed by atoms with van der Waals surface area (Å²) in [7, 11) is 1.50. The van der Waals surface area contributed by atoms with Crippen molar-refractivity contribution in [2.75, 3.05) is 12.4 Å². The molecule has 0 spiro atoms. The van der Waals surface area contributed by atoms with Crippen molar-refractivity contribution in [1.29, 1.82) is 0 Å². The maximum atomic E-state index is 9.77. The van der Waals surface area contributed by atoms with Crippen LogP contribution in [-0.2, 0) is 0 Å². The molecule has 0 aromatic heterocycles. The summed E-state index contributed by atoms with van der Waals surface area (Å²) >= 11 is 0.